The third-order valence-electron chi connectivity index (χ3n) is 1.63. The molecule has 12 heavy (non-hydrogen) atoms. The van der Waals surface area contributed by atoms with Crippen LogP contribution in [0.3, 0.4) is 0 Å². The van der Waals surface area contributed by atoms with Gasteiger partial charge in [-0.3, -0.25) is 0 Å². The van der Waals surface area contributed by atoms with Crippen LogP contribution in [0.2, 0.25) is 0 Å². The molecule has 1 aromatic carbocycles. The van der Waals surface area contributed by atoms with E-state index in [0.717, 1.165) is 5.52 Å². The number of methoxy groups -OCH3 is 1. The summed E-state index contributed by atoms with van der Waals surface area (Å²) in [5.41, 5.74) is 1.53. The highest BCUT2D eigenvalue weighted by Crippen LogP contribution is 2.24. The molecular weight excluding hydrogens is 174 g/mol. The van der Waals surface area contributed by atoms with E-state index in [2.05, 4.69) is 4.98 Å². The van der Waals surface area contributed by atoms with E-state index in [9.17, 15) is 0 Å². The standard InChI is InChI=1S/C8H7NO2S/c1-10-6-4-2-3-5-7(6)11-8(12)9-5/h2-4H,1H3,(H,9,12). The maximum atomic E-state index is 5.22. The van der Waals surface area contributed by atoms with E-state index < -0.39 is 0 Å². The number of hydrogen-bond donors (Lipinski definition) is 1. The summed E-state index contributed by atoms with van der Waals surface area (Å²) in [5.74, 6) is 0.694. The van der Waals surface area contributed by atoms with Gasteiger partial charge in [-0.2, -0.15) is 0 Å². The van der Waals surface area contributed by atoms with Gasteiger partial charge in [0.25, 0.3) is 4.84 Å². The van der Waals surface area contributed by atoms with Crippen LogP contribution in [-0.4, -0.2) is 12.1 Å². The monoisotopic (exact) mass is 181 g/mol. The van der Waals surface area contributed by atoms with Gasteiger partial charge in [0.1, 0.15) is 0 Å². The molecule has 0 atom stereocenters. The zero-order chi connectivity index (χ0) is 8.55. The zero-order valence-electron chi connectivity index (χ0n) is 6.46. The van der Waals surface area contributed by atoms with Crippen LogP contribution in [0.15, 0.2) is 22.6 Å². The average molecular weight is 181 g/mol. The van der Waals surface area contributed by atoms with Gasteiger partial charge < -0.3 is 14.1 Å². The van der Waals surface area contributed by atoms with Crippen LogP contribution in [0.5, 0.6) is 5.75 Å². The van der Waals surface area contributed by atoms with E-state index in [0.29, 0.717) is 16.2 Å². The molecule has 0 aliphatic heterocycles. The highest BCUT2D eigenvalue weighted by molar-refractivity contribution is 7.71. The Morgan fingerprint density at radius 2 is 2.33 bits per heavy atom. The number of aromatic amines is 1. The quantitative estimate of drug-likeness (QED) is 0.687. The number of para-hydroxylation sites is 1. The molecule has 0 aliphatic carbocycles. The molecule has 2 rings (SSSR count). The highest BCUT2D eigenvalue weighted by Gasteiger charge is 2.03. The Labute approximate surface area is 74.0 Å². The lowest BCUT2D eigenvalue weighted by Gasteiger charge is -1.96. The van der Waals surface area contributed by atoms with Crippen LogP contribution >= 0.6 is 12.2 Å². The maximum Gasteiger partial charge on any atom is 0.267 e. The second kappa shape index (κ2) is 2.64. The molecule has 0 spiro atoms. The lowest BCUT2D eigenvalue weighted by atomic mass is 10.3. The van der Waals surface area contributed by atoms with Crippen LogP contribution in [0, 0.1) is 4.84 Å². The normalized spacial score (nSPS) is 10.4. The van der Waals surface area contributed by atoms with Crippen molar-refractivity contribution < 1.29 is 9.15 Å². The molecule has 1 aromatic heterocycles. The van der Waals surface area contributed by atoms with Crippen LogP contribution in [0.25, 0.3) is 11.1 Å². The summed E-state index contributed by atoms with van der Waals surface area (Å²) in [5, 5.41) is 0. The number of aromatic nitrogens is 1. The second-order valence-electron chi connectivity index (χ2n) is 2.35. The number of hydrogen-bond acceptors (Lipinski definition) is 3. The molecule has 2 aromatic rings. The van der Waals surface area contributed by atoms with Crippen molar-refractivity contribution in [3.05, 3.63) is 23.0 Å². The first-order valence-corrected chi connectivity index (χ1v) is 3.88. The van der Waals surface area contributed by atoms with Crippen molar-refractivity contribution in [2.75, 3.05) is 7.11 Å². The molecule has 0 saturated heterocycles. The topological polar surface area (TPSA) is 38.2 Å². The molecule has 0 fully saturated rings. The highest BCUT2D eigenvalue weighted by atomic mass is 32.1. The van der Waals surface area contributed by atoms with Crippen molar-refractivity contribution in [3.63, 3.8) is 0 Å². The van der Waals surface area contributed by atoms with Crippen LogP contribution in [0.4, 0.5) is 0 Å². The van der Waals surface area contributed by atoms with E-state index in [1.165, 1.54) is 0 Å². The lowest BCUT2D eigenvalue weighted by Crippen LogP contribution is -1.81. The Kier molecular flexibility index (Phi) is 1.62. The predicted molar refractivity (Wildman–Crippen MR) is 48.0 cm³/mol. The summed E-state index contributed by atoms with van der Waals surface area (Å²) in [6.45, 7) is 0. The molecule has 0 radical (unpaired) electrons. The summed E-state index contributed by atoms with van der Waals surface area (Å²) in [7, 11) is 1.60. The van der Waals surface area contributed by atoms with Crippen molar-refractivity contribution >= 4 is 23.3 Å². The number of nitrogens with one attached hydrogen (secondary N) is 1. The maximum absolute atomic E-state index is 5.22. The van der Waals surface area contributed by atoms with Crippen LogP contribution in [-0.2, 0) is 0 Å². The Morgan fingerprint density at radius 3 is 3.08 bits per heavy atom. The number of ether oxygens (including phenoxy) is 1. The summed E-state index contributed by atoms with van der Waals surface area (Å²) in [4.78, 5) is 3.27. The molecule has 1 heterocycles. The van der Waals surface area contributed by atoms with Gasteiger partial charge in [0.2, 0.25) is 0 Å². The van der Waals surface area contributed by atoms with Crippen molar-refractivity contribution in [3.8, 4) is 5.75 Å². The number of fused-ring (bicyclic) bond motifs is 1. The minimum Gasteiger partial charge on any atom is -0.493 e. The molecule has 0 unspecified atom stereocenters. The fourth-order valence-electron chi connectivity index (χ4n) is 1.11. The molecule has 3 nitrogen and oxygen atoms in total. The number of rotatable bonds is 1. The SMILES string of the molecule is COc1cccc2[nH]c(=S)oc12. The summed E-state index contributed by atoms with van der Waals surface area (Å²) in [6, 6.07) is 5.59. The number of benzene rings is 1. The van der Waals surface area contributed by atoms with E-state index in [1.807, 2.05) is 18.2 Å². The van der Waals surface area contributed by atoms with Crippen molar-refractivity contribution in [1.29, 1.82) is 0 Å². The predicted octanol–water partition coefficient (Wildman–Crippen LogP) is 2.50. The van der Waals surface area contributed by atoms with E-state index >= 15 is 0 Å². The third kappa shape index (κ3) is 1.00. The lowest BCUT2D eigenvalue weighted by molar-refractivity contribution is 0.409. The van der Waals surface area contributed by atoms with Crippen LogP contribution < -0.4 is 4.74 Å². The fraction of sp³-hybridized carbons (Fsp3) is 0.125. The minimum absolute atomic E-state index is 0.370. The van der Waals surface area contributed by atoms with Crippen molar-refractivity contribution in [2.24, 2.45) is 0 Å². The molecule has 62 valence electrons. The molecule has 0 bridgehead atoms. The second-order valence-corrected chi connectivity index (χ2v) is 2.72. The smallest absolute Gasteiger partial charge is 0.267 e. The van der Waals surface area contributed by atoms with Gasteiger partial charge in [-0.25, -0.2) is 0 Å². The molecular formula is C8H7NO2S. The van der Waals surface area contributed by atoms with E-state index in [-0.39, 0.29) is 0 Å². The van der Waals surface area contributed by atoms with Gasteiger partial charge in [-0.1, -0.05) is 6.07 Å². The number of H-pyrrole nitrogens is 1. The molecule has 0 amide bonds. The summed E-state index contributed by atoms with van der Waals surface area (Å²) < 4.78 is 10.3. The van der Waals surface area contributed by atoms with E-state index in [4.69, 9.17) is 21.4 Å². The first-order valence-electron chi connectivity index (χ1n) is 3.47. The first-order chi connectivity index (χ1) is 5.81. The molecule has 1 N–H and O–H groups in total. The van der Waals surface area contributed by atoms with Gasteiger partial charge in [-0.05, 0) is 24.4 Å². The largest absolute Gasteiger partial charge is 0.493 e. The van der Waals surface area contributed by atoms with Crippen molar-refractivity contribution in [2.45, 2.75) is 0 Å². The van der Waals surface area contributed by atoms with Gasteiger partial charge in [-0.15, -0.1) is 0 Å². The van der Waals surface area contributed by atoms with E-state index in [1.54, 1.807) is 7.11 Å². The van der Waals surface area contributed by atoms with Gasteiger partial charge >= 0.3 is 0 Å². The summed E-state index contributed by atoms with van der Waals surface area (Å²) in [6.07, 6.45) is 0. The minimum atomic E-state index is 0.370. The third-order valence-corrected chi connectivity index (χ3v) is 1.82. The fourth-order valence-corrected chi connectivity index (χ4v) is 1.30. The molecule has 4 heteroatoms. The van der Waals surface area contributed by atoms with Crippen molar-refractivity contribution in [1.82, 2.24) is 4.98 Å². The van der Waals surface area contributed by atoms with Crippen LogP contribution in [0.1, 0.15) is 0 Å². The summed E-state index contributed by atoms with van der Waals surface area (Å²) >= 11 is 4.84. The zero-order valence-corrected chi connectivity index (χ0v) is 7.27. The first kappa shape index (κ1) is 7.36. The van der Waals surface area contributed by atoms with Gasteiger partial charge in [0.15, 0.2) is 11.3 Å². The Balaban J connectivity index is 2.87. The average Bonchev–Trinajstić information content (AvgIpc) is 2.44. The molecule has 0 aliphatic rings. The van der Waals surface area contributed by atoms with Gasteiger partial charge in [0.05, 0.1) is 12.6 Å². The molecule has 0 saturated carbocycles. The van der Waals surface area contributed by atoms with Gasteiger partial charge in [0, 0.05) is 0 Å². The Hall–Kier alpha value is -1.29. The Morgan fingerprint density at radius 1 is 1.50 bits per heavy atom. The number of oxazole rings is 1. The Bertz CT molecular complexity index is 457.